The van der Waals surface area contributed by atoms with Gasteiger partial charge in [-0.25, -0.2) is 4.68 Å². The molecule has 31 heavy (non-hydrogen) atoms. The molecule has 3 rings (SSSR count). The Kier molecular flexibility index (Phi) is 6.64. The van der Waals surface area contributed by atoms with E-state index < -0.39 is 17.6 Å². The lowest BCUT2D eigenvalue weighted by atomic mass is 10.2. The van der Waals surface area contributed by atoms with Crippen LogP contribution in [0.2, 0.25) is 0 Å². The summed E-state index contributed by atoms with van der Waals surface area (Å²) in [6, 6.07) is 11.6. The van der Waals surface area contributed by atoms with Crippen molar-refractivity contribution in [3.8, 4) is 0 Å². The molecular weight excluding hydrogens is 431 g/mol. The highest BCUT2D eigenvalue weighted by Crippen LogP contribution is 2.30. The summed E-state index contributed by atoms with van der Waals surface area (Å²) >= 11 is 1.54. The summed E-state index contributed by atoms with van der Waals surface area (Å²) in [5, 5.41) is 12.7. The molecule has 0 aliphatic heterocycles. The lowest BCUT2D eigenvalue weighted by Gasteiger charge is -2.09. The van der Waals surface area contributed by atoms with Gasteiger partial charge in [0.15, 0.2) is 5.69 Å². The topological polar surface area (TPSA) is 88.9 Å². The normalized spacial score (nSPS) is 11.3. The van der Waals surface area contributed by atoms with Gasteiger partial charge in [-0.1, -0.05) is 17.3 Å². The standard InChI is InChI=1S/C20H18F3N5O2S/c1-12-18(19(30)25-14-6-3-5-13(9-14)20(21,22)23)26-27-28(12)11-17(29)24-15-7-4-8-16(10-15)31-2/h3-10H,11H2,1-2H3,(H,24,29)(H,25,30). The van der Waals surface area contributed by atoms with E-state index in [9.17, 15) is 22.8 Å². The summed E-state index contributed by atoms with van der Waals surface area (Å²) in [5.41, 5.74) is -0.0719. The predicted octanol–water partition coefficient (Wildman–Crippen LogP) is 4.22. The molecule has 2 amide bonds. The average Bonchev–Trinajstić information content (AvgIpc) is 3.08. The van der Waals surface area contributed by atoms with Gasteiger partial charge < -0.3 is 10.6 Å². The smallest absolute Gasteiger partial charge is 0.324 e. The molecule has 0 saturated heterocycles. The van der Waals surface area contributed by atoms with Crippen molar-refractivity contribution >= 4 is 35.0 Å². The maximum atomic E-state index is 12.8. The minimum Gasteiger partial charge on any atom is -0.324 e. The number of aromatic nitrogens is 3. The van der Waals surface area contributed by atoms with Crippen LogP contribution in [0.15, 0.2) is 53.4 Å². The summed E-state index contributed by atoms with van der Waals surface area (Å²) in [4.78, 5) is 25.8. The first kappa shape index (κ1) is 22.3. The van der Waals surface area contributed by atoms with Crippen molar-refractivity contribution in [2.75, 3.05) is 16.9 Å². The summed E-state index contributed by atoms with van der Waals surface area (Å²) in [6.45, 7) is 1.36. The average molecular weight is 449 g/mol. The Morgan fingerprint density at radius 1 is 1.06 bits per heavy atom. The van der Waals surface area contributed by atoms with Gasteiger partial charge in [-0.2, -0.15) is 13.2 Å². The van der Waals surface area contributed by atoms with Crippen molar-refractivity contribution in [3.63, 3.8) is 0 Å². The Hall–Kier alpha value is -3.34. The van der Waals surface area contributed by atoms with E-state index in [0.29, 0.717) is 11.4 Å². The number of nitrogens with one attached hydrogen (secondary N) is 2. The molecule has 3 aromatic rings. The second-order valence-electron chi connectivity index (χ2n) is 6.49. The van der Waals surface area contributed by atoms with Gasteiger partial charge in [-0.3, -0.25) is 9.59 Å². The third-order valence-electron chi connectivity index (χ3n) is 4.29. The van der Waals surface area contributed by atoms with Crippen molar-refractivity contribution in [1.82, 2.24) is 15.0 Å². The number of rotatable bonds is 6. The molecule has 0 bridgehead atoms. The molecule has 0 spiro atoms. The van der Waals surface area contributed by atoms with Crippen molar-refractivity contribution in [2.45, 2.75) is 24.5 Å². The molecule has 0 aliphatic rings. The van der Waals surface area contributed by atoms with Gasteiger partial charge in [0.25, 0.3) is 5.91 Å². The second-order valence-corrected chi connectivity index (χ2v) is 7.37. The van der Waals surface area contributed by atoms with E-state index in [1.165, 1.54) is 16.8 Å². The van der Waals surface area contributed by atoms with Crippen molar-refractivity contribution in [3.05, 3.63) is 65.5 Å². The molecule has 2 N–H and O–H groups in total. The first-order valence-corrected chi connectivity index (χ1v) is 10.2. The van der Waals surface area contributed by atoms with Crippen LogP contribution in [0, 0.1) is 6.92 Å². The number of hydrogen-bond acceptors (Lipinski definition) is 5. The van der Waals surface area contributed by atoms with Crippen LogP contribution in [0.4, 0.5) is 24.5 Å². The highest BCUT2D eigenvalue weighted by Gasteiger charge is 2.30. The van der Waals surface area contributed by atoms with Gasteiger partial charge in [0.2, 0.25) is 5.91 Å². The molecule has 0 saturated carbocycles. The number of alkyl halides is 3. The van der Waals surface area contributed by atoms with Gasteiger partial charge in [0, 0.05) is 16.3 Å². The zero-order valence-corrected chi connectivity index (χ0v) is 17.3. The number of anilines is 2. The highest BCUT2D eigenvalue weighted by molar-refractivity contribution is 7.98. The lowest BCUT2D eigenvalue weighted by molar-refractivity contribution is -0.137. The van der Waals surface area contributed by atoms with E-state index in [1.807, 2.05) is 24.5 Å². The van der Waals surface area contributed by atoms with Gasteiger partial charge in [-0.05, 0) is 49.6 Å². The summed E-state index contributed by atoms with van der Waals surface area (Å²) in [5.74, 6) is -1.09. The predicted molar refractivity (Wildman–Crippen MR) is 111 cm³/mol. The Morgan fingerprint density at radius 3 is 2.42 bits per heavy atom. The third kappa shape index (κ3) is 5.63. The highest BCUT2D eigenvalue weighted by atomic mass is 32.2. The quantitative estimate of drug-likeness (QED) is 0.550. The monoisotopic (exact) mass is 449 g/mol. The van der Waals surface area contributed by atoms with Crippen molar-refractivity contribution in [1.29, 1.82) is 0 Å². The number of nitrogens with zero attached hydrogens (tertiary/aromatic N) is 3. The molecular formula is C20H18F3N5O2S. The number of hydrogen-bond donors (Lipinski definition) is 2. The van der Waals surface area contributed by atoms with Crippen LogP contribution in [-0.4, -0.2) is 33.1 Å². The minimum absolute atomic E-state index is 0.0276. The number of thioether (sulfide) groups is 1. The minimum atomic E-state index is -4.53. The van der Waals surface area contributed by atoms with Gasteiger partial charge in [0.1, 0.15) is 6.54 Å². The molecule has 11 heteroatoms. The van der Waals surface area contributed by atoms with E-state index in [0.717, 1.165) is 17.0 Å². The fraction of sp³-hybridized carbons (Fsp3) is 0.200. The van der Waals surface area contributed by atoms with Crippen LogP contribution in [0.25, 0.3) is 0 Å². The molecule has 0 radical (unpaired) electrons. The fourth-order valence-electron chi connectivity index (χ4n) is 2.72. The van der Waals surface area contributed by atoms with Crippen LogP contribution in [0.5, 0.6) is 0 Å². The third-order valence-corrected chi connectivity index (χ3v) is 5.02. The second kappa shape index (κ2) is 9.21. The summed E-state index contributed by atoms with van der Waals surface area (Å²) < 4.78 is 39.8. The fourth-order valence-corrected chi connectivity index (χ4v) is 3.18. The SMILES string of the molecule is CSc1cccc(NC(=O)Cn2nnc(C(=O)Nc3cccc(C(F)(F)F)c3)c2C)c1. The zero-order chi connectivity index (χ0) is 22.6. The van der Waals surface area contributed by atoms with Crippen molar-refractivity contribution in [2.24, 2.45) is 0 Å². The Labute approximate surface area is 180 Å². The molecule has 1 heterocycles. The Bertz CT molecular complexity index is 1110. The van der Waals surface area contributed by atoms with Crippen molar-refractivity contribution < 1.29 is 22.8 Å². The molecule has 162 valence electrons. The van der Waals surface area contributed by atoms with Crippen LogP contribution >= 0.6 is 11.8 Å². The van der Waals surface area contributed by atoms with Crippen LogP contribution < -0.4 is 10.6 Å². The van der Waals surface area contributed by atoms with E-state index in [-0.39, 0.29) is 23.8 Å². The van der Waals surface area contributed by atoms with E-state index in [2.05, 4.69) is 20.9 Å². The van der Waals surface area contributed by atoms with Gasteiger partial charge in [-0.15, -0.1) is 16.9 Å². The summed E-state index contributed by atoms with van der Waals surface area (Å²) in [6.07, 6.45) is -2.60. The number of amides is 2. The molecule has 2 aromatic carbocycles. The van der Waals surface area contributed by atoms with E-state index in [1.54, 1.807) is 24.8 Å². The Balaban J connectivity index is 1.68. The van der Waals surface area contributed by atoms with E-state index >= 15 is 0 Å². The van der Waals surface area contributed by atoms with Gasteiger partial charge >= 0.3 is 6.18 Å². The molecule has 0 unspecified atom stereocenters. The number of carbonyl (C=O) groups is 2. The number of halogens is 3. The first-order chi connectivity index (χ1) is 14.7. The van der Waals surface area contributed by atoms with Crippen LogP contribution in [-0.2, 0) is 17.5 Å². The number of carbonyl (C=O) groups excluding carboxylic acids is 2. The molecule has 1 aromatic heterocycles. The maximum absolute atomic E-state index is 12.8. The summed E-state index contributed by atoms with van der Waals surface area (Å²) in [7, 11) is 0. The lowest BCUT2D eigenvalue weighted by Crippen LogP contribution is -2.21. The molecule has 0 aliphatic carbocycles. The maximum Gasteiger partial charge on any atom is 0.416 e. The van der Waals surface area contributed by atoms with Gasteiger partial charge in [0.05, 0.1) is 11.3 Å². The molecule has 0 fully saturated rings. The molecule has 0 atom stereocenters. The first-order valence-electron chi connectivity index (χ1n) is 9.00. The van der Waals surface area contributed by atoms with E-state index in [4.69, 9.17) is 0 Å². The largest absolute Gasteiger partial charge is 0.416 e. The molecule has 7 nitrogen and oxygen atoms in total. The van der Waals surface area contributed by atoms with Crippen LogP contribution in [0.3, 0.4) is 0 Å². The van der Waals surface area contributed by atoms with Crippen LogP contribution in [0.1, 0.15) is 21.7 Å². The zero-order valence-electron chi connectivity index (χ0n) is 16.5. The Morgan fingerprint density at radius 2 is 1.74 bits per heavy atom. The number of benzene rings is 2.